The van der Waals surface area contributed by atoms with Gasteiger partial charge in [-0.2, -0.15) is 0 Å². The number of halogens is 2. The maximum Gasteiger partial charge on any atom is 0.159 e. The van der Waals surface area contributed by atoms with Gasteiger partial charge in [0.25, 0.3) is 0 Å². The van der Waals surface area contributed by atoms with Crippen LogP contribution in [0.25, 0.3) is 0 Å². The Bertz CT molecular complexity index is 468. The average molecular weight is 296 g/mol. The van der Waals surface area contributed by atoms with Crippen LogP contribution < -0.4 is 5.32 Å². The van der Waals surface area contributed by atoms with Crippen LogP contribution in [0.2, 0.25) is 0 Å². The van der Waals surface area contributed by atoms with Gasteiger partial charge < -0.3 is 5.32 Å². The molecular formula is C17H26F2N2. The fourth-order valence-corrected chi connectivity index (χ4v) is 3.23. The lowest BCUT2D eigenvalue weighted by molar-refractivity contribution is 0.106. The van der Waals surface area contributed by atoms with Crippen LogP contribution in [0.3, 0.4) is 0 Å². The van der Waals surface area contributed by atoms with E-state index >= 15 is 0 Å². The summed E-state index contributed by atoms with van der Waals surface area (Å²) in [6.45, 7) is 9.49. The first-order valence-electron chi connectivity index (χ1n) is 7.90. The fourth-order valence-electron chi connectivity index (χ4n) is 3.23. The molecule has 1 saturated heterocycles. The van der Waals surface area contributed by atoms with E-state index in [4.69, 9.17) is 0 Å². The average Bonchev–Trinajstić information content (AvgIpc) is 2.97. The fraction of sp³-hybridized carbons (Fsp3) is 0.647. The lowest BCUT2D eigenvalue weighted by atomic mass is 9.86. The highest BCUT2D eigenvalue weighted by atomic mass is 19.2. The second-order valence-corrected chi connectivity index (χ2v) is 6.41. The highest BCUT2D eigenvalue weighted by molar-refractivity contribution is 5.25. The Balaban J connectivity index is 2.29. The normalized spacial score (nSPS) is 18.1. The van der Waals surface area contributed by atoms with Crippen molar-refractivity contribution < 1.29 is 8.78 Å². The van der Waals surface area contributed by atoms with Crippen molar-refractivity contribution >= 4 is 0 Å². The molecule has 0 aliphatic carbocycles. The summed E-state index contributed by atoms with van der Waals surface area (Å²) in [5, 5.41) is 3.52. The molecule has 1 atom stereocenters. The summed E-state index contributed by atoms with van der Waals surface area (Å²) in [6.07, 6.45) is 3.43. The molecular weight excluding hydrogens is 270 g/mol. The van der Waals surface area contributed by atoms with E-state index in [-0.39, 0.29) is 11.6 Å². The van der Waals surface area contributed by atoms with Crippen molar-refractivity contribution in [2.75, 3.05) is 19.6 Å². The van der Waals surface area contributed by atoms with Gasteiger partial charge >= 0.3 is 0 Å². The monoisotopic (exact) mass is 296 g/mol. The molecule has 0 spiro atoms. The molecule has 1 fully saturated rings. The highest BCUT2D eigenvalue weighted by Crippen LogP contribution is 2.34. The zero-order valence-corrected chi connectivity index (χ0v) is 13.3. The van der Waals surface area contributed by atoms with Gasteiger partial charge in [0.15, 0.2) is 11.6 Å². The maximum absolute atomic E-state index is 13.6. The van der Waals surface area contributed by atoms with Crippen LogP contribution in [0.5, 0.6) is 0 Å². The number of nitrogens with zero attached hydrogens (tertiary/aromatic N) is 1. The smallest absolute Gasteiger partial charge is 0.159 e. The van der Waals surface area contributed by atoms with Crippen LogP contribution in [0.4, 0.5) is 8.78 Å². The van der Waals surface area contributed by atoms with Crippen molar-refractivity contribution in [3.05, 3.63) is 35.4 Å². The third-order valence-electron chi connectivity index (χ3n) is 4.50. The molecule has 118 valence electrons. The van der Waals surface area contributed by atoms with Gasteiger partial charge in [0.2, 0.25) is 0 Å². The van der Waals surface area contributed by atoms with E-state index in [9.17, 15) is 8.78 Å². The lowest BCUT2D eigenvalue weighted by Gasteiger charge is -2.43. The van der Waals surface area contributed by atoms with E-state index in [2.05, 4.69) is 31.0 Å². The topological polar surface area (TPSA) is 15.3 Å². The molecule has 2 nitrogen and oxygen atoms in total. The summed E-state index contributed by atoms with van der Waals surface area (Å²) in [5.74, 6) is -1.56. The first-order valence-corrected chi connectivity index (χ1v) is 7.90. The van der Waals surface area contributed by atoms with Gasteiger partial charge in [-0.25, -0.2) is 8.78 Å². The van der Waals surface area contributed by atoms with Crippen LogP contribution in [0.15, 0.2) is 18.2 Å². The molecule has 1 aromatic rings. The number of likely N-dealkylation sites (tertiary alicyclic amines) is 1. The van der Waals surface area contributed by atoms with Crippen LogP contribution in [-0.2, 0) is 0 Å². The number of nitrogens with one attached hydrogen (secondary N) is 1. The van der Waals surface area contributed by atoms with E-state index in [0.717, 1.165) is 31.6 Å². The van der Waals surface area contributed by atoms with Gasteiger partial charge in [0.1, 0.15) is 0 Å². The van der Waals surface area contributed by atoms with Crippen LogP contribution in [0, 0.1) is 11.6 Å². The van der Waals surface area contributed by atoms with Crippen LogP contribution in [-0.4, -0.2) is 30.1 Å². The number of hydrogen-bond acceptors (Lipinski definition) is 2. The third-order valence-corrected chi connectivity index (χ3v) is 4.50. The number of rotatable bonds is 6. The minimum Gasteiger partial charge on any atom is -0.308 e. The van der Waals surface area contributed by atoms with Crippen LogP contribution >= 0.6 is 0 Å². The largest absolute Gasteiger partial charge is 0.308 e. The summed E-state index contributed by atoms with van der Waals surface area (Å²) < 4.78 is 26.8. The van der Waals surface area contributed by atoms with Crippen molar-refractivity contribution in [3.63, 3.8) is 0 Å². The maximum atomic E-state index is 13.6. The minimum atomic E-state index is -0.785. The van der Waals surface area contributed by atoms with E-state index in [1.165, 1.54) is 25.0 Å². The van der Waals surface area contributed by atoms with Crippen molar-refractivity contribution in [3.8, 4) is 0 Å². The Hall–Kier alpha value is -1.00. The molecule has 1 unspecified atom stereocenters. The molecule has 1 aliphatic rings. The van der Waals surface area contributed by atoms with Crippen molar-refractivity contribution in [1.82, 2.24) is 10.2 Å². The lowest BCUT2D eigenvalue weighted by Crippen LogP contribution is -2.51. The molecule has 21 heavy (non-hydrogen) atoms. The Kier molecular flexibility index (Phi) is 5.33. The first-order chi connectivity index (χ1) is 9.96. The van der Waals surface area contributed by atoms with Gasteiger partial charge in [-0.3, -0.25) is 4.90 Å². The summed E-state index contributed by atoms with van der Waals surface area (Å²) >= 11 is 0. The van der Waals surface area contributed by atoms with Crippen molar-refractivity contribution in [1.29, 1.82) is 0 Å². The van der Waals surface area contributed by atoms with Gasteiger partial charge in [-0.15, -0.1) is 0 Å². The number of benzene rings is 1. The molecule has 2 rings (SSSR count). The molecule has 0 bridgehead atoms. The predicted molar refractivity (Wildman–Crippen MR) is 82.3 cm³/mol. The SMILES string of the molecule is CCCNC(c1ccc(F)c(F)c1)C(C)(C)N1CCCC1. The molecule has 0 saturated carbocycles. The molecule has 0 amide bonds. The Morgan fingerprint density at radius 2 is 1.86 bits per heavy atom. The molecule has 1 heterocycles. The van der Waals surface area contributed by atoms with Crippen LogP contribution in [0.1, 0.15) is 51.6 Å². The van der Waals surface area contributed by atoms with Gasteiger partial charge in [0, 0.05) is 5.54 Å². The molecule has 1 aromatic carbocycles. The van der Waals surface area contributed by atoms with E-state index in [0.29, 0.717) is 0 Å². The Labute approximate surface area is 126 Å². The highest BCUT2D eigenvalue weighted by Gasteiger charge is 2.37. The third kappa shape index (κ3) is 3.61. The van der Waals surface area contributed by atoms with Crippen molar-refractivity contribution in [2.45, 2.75) is 51.6 Å². The molecule has 1 aliphatic heterocycles. The summed E-state index contributed by atoms with van der Waals surface area (Å²) in [4.78, 5) is 2.45. The summed E-state index contributed by atoms with van der Waals surface area (Å²) in [5.41, 5.74) is 0.690. The van der Waals surface area contributed by atoms with Gasteiger partial charge in [-0.05, 0) is 70.4 Å². The zero-order chi connectivity index (χ0) is 15.5. The molecule has 1 N–H and O–H groups in total. The van der Waals surface area contributed by atoms with Gasteiger partial charge in [-0.1, -0.05) is 13.0 Å². The summed E-state index contributed by atoms with van der Waals surface area (Å²) in [7, 11) is 0. The predicted octanol–water partition coefficient (Wildman–Crippen LogP) is 3.88. The second kappa shape index (κ2) is 6.84. The standard InChI is InChI=1S/C17H26F2N2/c1-4-9-20-16(13-7-8-14(18)15(19)12-13)17(2,3)21-10-5-6-11-21/h7-8,12,16,20H,4-6,9-11H2,1-3H3. The Morgan fingerprint density at radius 3 is 2.43 bits per heavy atom. The van der Waals surface area contributed by atoms with E-state index in [1.807, 2.05) is 0 Å². The van der Waals surface area contributed by atoms with E-state index in [1.54, 1.807) is 6.07 Å². The molecule has 0 aromatic heterocycles. The molecule has 0 radical (unpaired) electrons. The zero-order valence-electron chi connectivity index (χ0n) is 13.3. The summed E-state index contributed by atoms with van der Waals surface area (Å²) in [6, 6.07) is 4.25. The first kappa shape index (κ1) is 16.4. The van der Waals surface area contributed by atoms with E-state index < -0.39 is 11.6 Å². The van der Waals surface area contributed by atoms with Crippen molar-refractivity contribution in [2.24, 2.45) is 0 Å². The quantitative estimate of drug-likeness (QED) is 0.857. The number of hydrogen-bond donors (Lipinski definition) is 1. The Morgan fingerprint density at radius 1 is 1.19 bits per heavy atom. The molecule has 4 heteroatoms. The van der Waals surface area contributed by atoms with Gasteiger partial charge in [0.05, 0.1) is 6.04 Å². The second-order valence-electron chi connectivity index (χ2n) is 6.41. The minimum absolute atomic E-state index is 0.00866.